The van der Waals surface area contributed by atoms with Gasteiger partial charge in [0.15, 0.2) is 0 Å². The van der Waals surface area contributed by atoms with E-state index < -0.39 is 0 Å². The fourth-order valence-electron chi connectivity index (χ4n) is 0.992. The topological polar surface area (TPSA) is 12.9 Å². The molecule has 1 nitrogen and oxygen atoms in total. The number of alkyl halides is 1. The van der Waals surface area contributed by atoms with Crippen LogP contribution in [0, 0.1) is 0 Å². The van der Waals surface area contributed by atoms with E-state index in [4.69, 9.17) is 0 Å². The van der Waals surface area contributed by atoms with Crippen molar-refractivity contribution >= 4 is 32.9 Å². The molecule has 1 aromatic rings. The lowest BCUT2D eigenvalue weighted by Crippen LogP contribution is -1.88. The third-order valence-corrected chi connectivity index (χ3v) is 2.60. The van der Waals surface area contributed by atoms with E-state index in [1.165, 1.54) is 18.4 Å². The van der Waals surface area contributed by atoms with Crippen LogP contribution in [0.1, 0.15) is 30.2 Å². The first-order valence-corrected chi connectivity index (χ1v) is 4.80. The maximum absolute atomic E-state index is 3.97. The van der Waals surface area contributed by atoms with Crippen molar-refractivity contribution in [3.05, 3.63) is 30.1 Å². The molecule has 3 heteroatoms. The molecule has 12 heavy (non-hydrogen) atoms. The highest BCUT2D eigenvalue weighted by molar-refractivity contribution is 9.09. The first-order valence-electron chi connectivity index (χ1n) is 3.88. The largest absolute Gasteiger partial charge is 0.265 e. The van der Waals surface area contributed by atoms with E-state index in [1.807, 2.05) is 12.4 Å². The van der Waals surface area contributed by atoms with Crippen LogP contribution >= 0.6 is 32.9 Å². The Morgan fingerprint density at radius 2 is 2.00 bits per heavy atom. The second kappa shape index (κ2) is 6.61. The van der Waals surface area contributed by atoms with Crippen molar-refractivity contribution in [2.24, 2.45) is 0 Å². The van der Waals surface area contributed by atoms with Gasteiger partial charge in [-0.05, 0) is 24.1 Å². The van der Waals surface area contributed by atoms with Crippen LogP contribution in [-0.4, -0.2) is 4.98 Å². The van der Waals surface area contributed by atoms with Gasteiger partial charge < -0.3 is 0 Å². The molecule has 0 aliphatic rings. The summed E-state index contributed by atoms with van der Waals surface area (Å²) in [6, 6.07) is 4.10. The molecule has 0 amide bonds. The van der Waals surface area contributed by atoms with Gasteiger partial charge in [-0.1, -0.05) is 29.3 Å². The Morgan fingerprint density at radius 3 is 2.50 bits per heavy atom. The number of hydrogen-bond donors (Lipinski definition) is 0. The maximum atomic E-state index is 3.97. The van der Waals surface area contributed by atoms with Gasteiger partial charge in [-0.15, -0.1) is 17.0 Å². The molecule has 0 aromatic carbocycles. The van der Waals surface area contributed by atoms with Crippen LogP contribution < -0.4 is 0 Å². The van der Waals surface area contributed by atoms with Crippen LogP contribution in [0.4, 0.5) is 0 Å². The van der Waals surface area contributed by atoms with Crippen molar-refractivity contribution in [3.63, 3.8) is 0 Å². The van der Waals surface area contributed by atoms with Crippen molar-refractivity contribution in [2.45, 2.75) is 24.6 Å². The second-order valence-electron chi connectivity index (χ2n) is 2.54. The van der Waals surface area contributed by atoms with E-state index >= 15 is 0 Å². The summed E-state index contributed by atoms with van der Waals surface area (Å²) in [5.41, 5.74) is 1.32. The lowest BCUT2D eigenvalue weighted by molar-refractivity contribution is 0.787. The van der Waals surface area contributed by atoms with Crippen LogP contribution in [-0.2, 0) is 0 Å². The fraction of sp³-hybridized carbons (Fsp3) is 0.444. The Morgan fingerprint density at radius 1 is 1.42 bits per heavy atom. The highest BCUT2D eigenvalue weighted by Crippen LogP contribution is 2.26. The van der Waals surface area contributed by atoms with Gasteiger partial charge >= 0.3 is 0 Å². The van der Waals surface area contributed by atoms with Crippen LogP contribution in [0.2, 0.25) is 0 Å². The molecule has 0 saturated carbocycles. The van der Waals surface area contributed by atoms with Crippen LogP contribution in [0.3, 0.4) is 0 Å². The SMILES string of the molecule is Br.CCCC(Br)c1ccncc1. The normalized spacial score (nSPS) is 11.8. The summed E-state index contributed by atoms with van der Waals surface area (Å²) in [6.45, 7) is 2.19. The zero-order valence-electron chi connectivity index (χ0n) is 7.03. The third kappa shape index (κ3) is 3.68. The monoisotopic (exact) mass is 293 g/mol. The summed E-state index contributed by atoms with van der Waals surface area (Å²) >= 11 is 3.62. The predicted octanol–water partition coefficient (Wildman–Crippen LogP) is 3.90. The standard InChI is InChI=1S/C9H12BrN.BrH/c1-2-3-9(10)8-4-6-11-7-5-8;/h4-7,9H,2-3H2,1H3;1H. The highest BCUT2D eigenvalue weighted by Gasteiger charge is 2.03. The lowest BCUT2D eigenvalue weighted by Gasteiger charge is -2.06. The second-order valence-corrected chi connectivity index (χ2v) is 3.64. The van der Waals surface area contributed by atoms with Crippen molar-refractivity contribution < 1.29 is 0 Å². The molecule has 0 radical (unpaired) electrons. The minimum atomic E-state index is 0. The fourth-order valence-corrected chi connectivity index (χ4v) is 1.76. The summed E-state index contributed by atoms with van der Waals surface area (Å²) in [4.78, 5) is 4.46. The van der Waals surface area contributed by atoms with Gasteiger partial charge in [0.1, 0.15) is 0 Å². The molecule has 1 rings (SSSR count). The molecular weight excluding hydrogens is 282 g/mol. The minimum Gasteiger partial charge on any atom is -0.265 e. The van der Waals surface area contributed by atoms with E-state index in [2.05, 4.69) is 40.0 Å². The molecule has 1 aromatic heterocycles. The summed E-state index contributed by atoms with van der Waals surface area (Å²) in [5.74, 6) is 0. The van der Waals surface area contributed by atoms with Gasteiger partial charge in [0.05, 0.1) is 0 Å². The van der Waals surface area contributed by atoms with Gasteiger partial charge in [-0.2, -0.15) is 0 Å². The lowest BCUT2D eigenvalue weighted by atomic mass is 10.1. The molecule has 0 N–H and O–H groups in total. The maximum Gasteiger partial charge on any atom is 0.0396 e. The van der Waals surface area contributed by atoms with Crippen LogP contribution in [0.5, 0.6) is 0 Å². The molecule has 1 heterocycles. The van der Waals surface area contributed by atoms with Gasteiger partial charge in [-0.25, -0.2) is 0 Å². The van der Waals surface area contributed by atoms with Crippen molar-refractivity contribution in [2.75, 3.05) is 0 Å². The first-order chi connectivity index (χ1) is 5.34. The summed E-state index contributed by atoms with van der Waals surface area (Å²) in [6.07, 6.45) is 6.06. The summed E-state index contributed by atoms with van der Waals surface area (Å²) in [7, 11) is 0. The van der Waals surface area contributed by atoms with E-state index in [9.17, 15) is 0 Å². The molecule has 0 spiro atoms. The molecule has 1 atom stereocenters. The Balaban J connectivity index is 0.00000121. The van der Waals surface area contributed by atoms with Gasteiger partial charge in [0.25, 0.3) is 0 Å². The zero-order valence-corrected chi connectivity index (χ0v) is 10.3. The minimum absolute atomic E-state index is 0. The molecule has 1 unspecified atom stereocenters. The average molecular weight is 295 g/mol. The summed E-state index contributed by atoms with van der Waals surface area (Å²) in [5, 5.41) is 0. The molecule has 0 aliphatic heterocycles. The van der Waals surface area contributed by atoms with Gasteiger partial charge in [0.2, 0.25) is 0 Å². The molecule has 0 fully saturated rings. The molecular formula is C9H13Br2N. The van der Waals surface area contributed by atoms with E-state index in [1.54, 1.807) is 0 Å². The molecule has 0 aliphatic carbocycles. The number of pyridine rings is 1. The van der Waals surface area contributed by atoms with Crippen molar-refractivity contribution in [3.8, 4) is 0 Å². The number of hydrogen-bond acceptors (Lipinski definition) is 1. The predicted molar refractivity (Wildman–Crippen MR) is 61.1 cm³/mol. The molecule has 0 bridgehead atoms. The molecule has 68 valence electrons. The van der Waals surface area contributed by atoms with Gasteiger partial charge in [0, 0.05) is 17.2 Å². The number of rotatable bonds is 3. The number of halogens is 2. The Bertz CT molecular complexity index is 201. The Kier molecular flexibility index (Phi) is 6.67. The van der Waals surface area contributed by atoms with Crippen LogP contribution in [0.25, 0.3) is 0 Å². The van der Waals surface area contributed by atoms with E-state index in [0.717, 1.165) is 0 Å². The smallest absolute Gasteiger partial charge is 0.0396 e. The first kappa shape index (κ1) is 12.1. The summed E-state index contributed by atoms with van der Waals surface area (Å²) < 4.78 is 0. The van der Waals surface area contributed by atoms with E-state index in [0.29, 0.717) is 4.83 Å². The Hall–Kier alpha value is 0.110. The quantitative estimate of drug-likeness (QED) is 0.771. The number of nitrogens with zero attached hydrogens (tertiary/aromatic N) is 1. The zero-order chi connectivity index (χ0) is 8.10. The molecule has 0 saturated heterocycles. The van der Waals surface area contributed by atoms with Crippen molar-refractivity contribution in [1.29, 1.82) is 0 Å². The van der Waals surface area contributed by atoms with Crippen molar-refractivity contribution in [1.82, 2.24) is 4.98 Å². The average Bonchev–Trinajstić information content (AvgIpc) is 2.07. The van der Waals surface area contributed by atoms with Crippen LogP contribution in [0.15, 0.2) is 24.5 Å². The number of aromatic nitrogens is 1. The Labute approximate surface area is 92.5 Å². The van der Waals surface area contributed by atoms with E-state index in [-0.39, 0.29) is 17.0 Å². The third-order valence-electron chi connectivity index (χ3n) is 1.61. The highest BCUT2D eigenvalue weighted by atomic mass is 79.9. The van der Waals surface area contributed by atoms with Gasteiger partial charge in [-0.3, -0.25) is 4.98 Å².